The summed E-state index contributed by atoms with van der Waals surface area (Å²) in [5.41, 5.74) is -2.90. The molecule has 5 rings (SSSR count). The third-order valence-corrected chi connectivity index (χ3v) is 13.1. The Bertz CT molecular complexity index is 3320. The molecule has 322 valence electrons. The number of phenols is 1. The number of phenolic OH excluding ortho intramolecular Hbond substituents is 1. The molecule has 0 unspecified atom stereocenters. The highest BCUT2D eigenvalue weighted by Gasteiger charge is 2.27. The number of halogens is 1. The van der Waals surface area contributed by atoms with E-state index < -0.39 is 143 Å². The Morgan fingerprint density at radius 2 is 1.25 bits per heavy atom. The van der Waals surface area contributed by atoms with Crippen LogP contribution in [0.3, 0.4) is 0 Å². The van der Waals surface area contributed by atoms with Gasteiger partial charge in [-0.1, -0.05) is 6.07 Å². The van der Waals surface area contributed by atoms with Crippen LogP contribution in [-0.4, -0.2) is 106 Å². The van der Waals surface area contributed by atoms with Gasteiger partial charge in [-0.15, -0.1) is 10.2 Å². The lowest BCUT2D eigenvalue weighted by atomic mass is 10.1. The summed E-state index contributed by atoms with van der Waals surface area (Å²) < 4.78 is 196. The Balaban J connectivity index is 1.64. The molecule has 1 aromatic heterocycles. The normalized spacial score (nSPS) is 13.2. The fourth-order valence-corrected chi connectivity index (χ4v) is 8.90. The van der Waals surface area contributed by atoms with Gasteiger partial charge in [-0.2, -0.15) is 57.0 Å². The molecule has 33 heteroatoms. The molecule has 0 atom stereocenters. The first-order chi connectivity index (χ1) is 27.4. The van der Waals surface area contributed by atoms with Crippen LogP contribution in [0.5, 0.6) is 5.75 Å². The fourth-order valence-electron chi connectivity index (χ4n) is 4.90. The molecular weight excluding hydrogens is 954 g/mol. The topological polar surface area (TPSA) is 423 Å². The van der Waals surface area contributed by atoms with Crippen molar-refractivity contribution in [2.24, 2.45) is 10.2 Å². The Hall–Kier alpha value is -5.10. The van der Waals surface area contributed by atoms with E-state index in [0.29, 0.717) is 36.4 Å². The standard InChI is InChI=1S/C27H22ClN7O19S6/c28-25-31-26(29-14-2-1-3-15(10-14)55(37,38)7-6-54-60(51,52)53)33-27(32-25)30-19-12-17(57(42,43)44)8-13-9-21(59(48,49)50)23(24(36)22(13)19)35-34-18-11-16(56(39,40)41)4-5-20(18)58(45,46)47/h1-5,8-12,36H,6-7H2,(H,39,40,41)(H,42,43,44)(H,45,46,47)(H,48,49,50)(H,51,52,53)(H2,29,30,31,32,33). The van der Waals surface area contributed by atoms with Gasteiger partial charge in [-0.25, -0.2) is 12.6 Å². The van der Waals surface area contributed by atoms with Crippen molar-refractivity contribution in [3.63, 3.8) is 0 Å². The lowest BCUT2D eigenvalue weighted by molar-refractivity contribution is 0.284. The first kappa shape index (κ1) is 46.0. The maximum Gasteiger partial charge on any atom is 0.397 e. The number of nitrogens with zero attached hydrogens (tertiary/aromatic N) is 5. The monoisotopic (exact) mass is 975 g/mol. The highest BCUT2D eigenvalue weighted by atomic mass is 35.5. The zero-order chi connectivity index (χ0) is 44.8. The van der Waals surface area contributed by atoms with E-state index in [4.69, 9.17) is 16.2 Å². The predicted molar refractivity (Wildman–Crippen MR) is 203 cm³/mol. The van der Waals surface area contributed by atoms with Crippen molar-refractivity contribution >= 4 is 118 Å². The van der Waals surface area contributed by atoms with Crippen LogP contribution in [0.4, 0.5) is 34.6 Å². The maximum atomic E-state index is 12.7. The SMILES string of the molecule is O=S(=O)(O)OCCS(=O)(=O)c1cccc(Nc2nc(Cl)nc(Nc3cc(S(=O)(=O)O)cc4cc(S(=O)(=O)O)c(N=Nc5cc(S(=O)(=O)O)ccc5S(=O)(=O)O)c(O)c34)n2)c1. The van der Waals surface area contributed by atoms with E-state index in [1.807, 2.05) is 0 Å². The van der Waals surface area contributed by atoms with Gasteiger partial charge in [0.25, 0.3) is 40.5 Å². The van der Waals surface area contributed by atoms with Crippen molar-refractivity contribution in [3.8, 4) is 5.75 Å². The van der Waals surface area contributed by atoms with E-state index >= 15 is 0 Å². The summed E-state index contributed by atoms with van der Waals surface area (Å²) in [7, 11) is -30.1. The summed E-state index contributed by atoms with van der Waals surface area (Å²) in [4.78, 5) is 6.88. The van der Waals surface area contributed by atoms with Crippen LogP contribution in [0.1, 0.15) is 0 Å². The number of aromatic hydroxyl groups is 1. The molecule has 0 saturated carbocycles. The molecule has 0 bridgehead atoms. The number of nitrogens with one attached hydrogen (secondary N) is 2. The molecule has 5 aromatic rings. The van der Waals surface area contributed by atoms with Gasteiger partial charge in [-0.3, -0.25) is 22.8 Å². The second-order valence-corrected chi connectivity index (χ2v) is 20.6. The van der Waals surface area contributed by atoms with Gasteiger partial charge in [0.1, 0.15) is 21.2 Å². The van der Waals surface area contributed by atoms with Crippen molar-refractivity contribution in [2.75, 3.05) is 23.0 Å². The Labute approximate surface area is 342 Å². The van der Waals surface area contributed by atoms with Crippen LogP contribution >= 0.6 is 11.6 Å². The molecule has 0 amide bonds. The number of azo groups is 1. The van der Waals surface area contributed by atoms with Crippen LogP contribution < -0.4 is 10.6 Å². The minimum absolute atomic E-state index is 0.0246. The van der Waals surface area contributed by atoms with Gasteiger partial charge in [0.05, 0.1) is 32.7 Å². The van der Waals surface area contributed by atoms with Crippen molar-refractivity contribution in [2.45, 2.75) is 24.5 Å². The molecule has 60 heavy (non-hydrogen) atoms. The number of sulfone groups is 1. The molecule has 0 radical (unpaired) electrons. The zero-order valence-electron chi connectivity index (χ0n) is 28.7. The number of benzene rings is 4. The van der Waals surface area contributed by atoms with Crippen LogP contribution in [0.15, 0.2) is 95.4 Å². The number of hydrogen-bond acceptors (Lipinski definition) is 21. The largest absolute Gasteiger partial charge is 0.505 e. The number of hydrogen-bond donors (Lipinski definition) is 8. The molecule has 0 fully saturated rings. The quantitative estimate of drug-likeness (QED) is 0.0552. The Morgan fingerprint density at radius 1 is 0.633 bits per heavy atom. The van der Waals surface area contributed by atoms with Crippen molar-refractivity contribution < 1.29 is 82.6 Å². The fraction of sp³-hybridized carbons (Fsp3) is 0.0741. The molecule has 0 aliphatic carbocycles. The van der Waals surface area contributed by atoms with E-state index in [-0.39, 0.29) is 10.6 Å². The van der Waals surface area contributed by atoms with Crippen LogP contribution in [0.2, 0.25) is 5.28 Å². The molecule has 4 aromatic carbocycles. The number of anilines is 4. The summed E-state index contributed by atoms with van der Waals surface area (Å²) in [5.74, 6) is -3.21. The minimum Gasteiger partial charge on any atom is -0.505 e. The summed E-state index contributed by atoms with van der Waals surface area (Å²) in [6, 6.07) is 7.95. The van der Waals surface area contributed by atoms with E-state index in [0.717, 1.165) is 12.1 Å². The Kier molecular flexibility index (Phi) is 12.6. The smallest absolute Gasteiger partial charge is 0.397 e. The van der Waals surface area contributed by atoms with E-state index in [2.05, 4.69) is 40.0 Å². The third-order valence-electron chi connectivity index (χ3n) is 7.35. The second kappa shape index (κ2) is 16.4. The maximum absolute atomic E-state index is 12.7. The lowest BCUT2D eigenvalue weighted by Gasteiger charge is -2.15. The molecule has 0 aliphatic rings. The number of rotatable bonds is 15. The van der Waals surface area contributed by atoms with Gasteiger partial charge < -0.3 is 15.7 Å². The van der Waals surface area contributed by atoms with Crippen molar-refractivity contribution in [1.29, 1.82) is 0 Å². The van der Waals surface area contributed by atoms with Gasteiger partial charge in [0.15, 0.2) is 15.6 Å². The first-order valence-corrected chi connectivity index (χ1v) is 24.3. The zero-order valence-corrected chi connectivity index (χ0v) is 34.4. The van der Waals surface area contributed by atoms with Gasteiger partial charge >= 0.3 is 10.4 Å². The summed E-state index contributed by atoms with van der Waals surface area (Å²) in [6.07, 6.45) is 0. The summed E-state index contributed by atoms with van der Waals surface area (Å²) >= 11 is 6.07. The lowest BCUT2D eigenvalue weighted by Crippen LogP contribution is -2.15. The van der Waals surface area contributed by atoms with Gasteiger partial charge in [-0.05, 0) is 71.6 Å². The van der Waals surface area contributed by atoms with E-state index in [9.17, 15) is 73.8 Å². The summed E-state index contributed by atoms with van der Waals surface area (Å²) in [5, 5.41) is 21.6. The predicted octanol–water partition coefficient (Wildman–Crippen LogP) is 2.87. The summed E-state index contributed by atoms with van der Waals surface area (Å²) in [6.45, 7) is -0.929. The number of aromatic nitrogens is 3. The van der Waals surface area contributed by atoms with Gasteiger partial charge in [0, 0.05) is 11.1 Å². The molecule has 1 heterocycles. The molecule has 8 N–H and O–H groups in total. The number of fused-ring (bicyclic) bond motifs is 1. The average Bonchev–Trinajstić information content (AvgIpc) is 3.08. The van der Waals surface area contributed by atoms with Crippen LogP contribution in [-0.2, 0) is 64.9 Å². The molecule has 0 spiro atoms. The van der Waals surface area contributed by atoms with E-state index in [1.54, 1.807) is 0 Å². The van der Waals surface area contributed by atoms with E-state index in [1.165, 1.54) is 12.1 Å². The average molecular weight is 976 g/mol. The minimum atomic E-state index is -5.49. The molecule has 0 aliphatic heterocycles. The van der Waals surface area contributed by atoms with Crippen molar-refractivity contribution in [1.82, 2.24) is 15.0 Å². The Morgan fingerprint density at radius 3 is 1.83 bits per heavy atom. The first-order valence-electron chi connectivity index (χ1n) is 15.1. The molecule has 26 nitrogen and oxygen atoms in total. The van der Waals surface area contributed by atoms with Crippen molar-refractivity contribution in [3.05, 3.63) is 65.9 Å². The second-order valence-electron chi connectivity index (χ2n) is 11.5. The highest BCUT2D eigenvalue weighted by Crippen LogP contribution is 2.46. The highest BCUT2D eigenvalue weighted by molar-refractivity contribution is 7.91. The third kappa shape index (κ3) is 11.2. The van der Waals surface area contributed by atoms with Gasteiger partial charge in [0.2, 0.25) is 17.2 Å². The molecule has 0 saturated heterocycles. The molecular formula is C27H22ClN7O19S6. The van der Waals surface area contributed by atoms with Crippen LogP contribution in [0.25, 0.3) is 10.8 Å². The van der Waals surface area contributed by atoms with Crippen LogP contribution in [0, 0.1) is 0 Å².